The van der Waals surface area contributed by atoms with Gasteiger partial charge in [0.2, 0.25) is 0 Å². The summed E-state index contributed by atoms with van der Waals surface area (Å²) in [5.41, 5.74) is 0. The summed E-state index contributed by atoms with van der Waals surface area (Å²) >= 11 is 0. The number of hydrogen-bond donors (Lipinski definition) is 2. The minimum Gasteiger partial charge on any atom is -0.481 e. The number of carbonyl (C=O) groups is 1. The number of carboxylic acid groups (broad SMARTS) is 1. The molecule has 0 aliphatic rings. The van der Waals surface area contributed by atoms with Crippen molar-refractivity contribution in [2.45, 2.75) is 59.3 Å². The lowest BCUT2D eigenvalue weighted by Gasteiger charge is -1.96. The average molecular weight is 218 g/mol. The Morgan fingerprint density at radius 3 is 1.93 bits per heavy atom. The third-order valence-electron chi connectivity index (χ3n) is 2.30. The molecule has 15 heavy (non-hydrogen) atoms. The first kappa shape index (κ1) is 16.8. The van der Waals surface area contributed by atoms with Crippen LogP contribution < -0.4 is 0 Å². The second-order valence-electron chi connectivity index (χ2n) is 3.79. The predicted octanol–water partition coefficient (Wildman–Crippen LogP) is 3.07. The molecule has 0 aromatic rings. The van der Waals surface area contributed by atoms with Crippen LogP contribution in [0.5, 0.6) is 0 Å². The topological polar surface area (TPSA) is 57.5 Å². The first-order valence-electron chi connectivity index (χ1n) is 5.93. The van der Waals surface area contributed by atoms with E-state index in [0.29, 0.717) is 6.61 Å². The van der Waals surface area contributed by atoms with E-state index in [1.54, 1.807) is 6.92 Å². The summed E-state index contributed by atoms with van der Waals surface area (Å²) in [6.07, 6.45) is 6.79. The van der Waals surface area contributed by atoms with Crippen molar-refractivity contribution < 1.29 is 15.0 Å². The molecular weight excluding hydrogens is 192 g/mol. The number of unbranched alkanes of at least 4 members (excludes halogenated alkanes) is 4. The van der Waals surface area contributed by atoms with Crippen molar-refractivity contribution >= 4 is 5.97 Å². The molecule has 0 aromatic heterocycles. The van der Waals surface area contributed by atoms with Gasteiger partial charge in [0.05, 0.1) is 5.92 Å². The molecule has 1 unspecified atom stereocenters. The summed E-state index contributed by atoms with van der Waals surface area (Å²) < 4.78 is 0. The summed E-state index contributed by atoms with van der Waals surface area (Å²) in [5, 5.41) is 16.5. The number of rotatable bonds is 7. The molecule has 0 saturated heterocycles. The molecule has 0 amide bonds. The minimum atomic E-state index is -0.706. The molecular formula is C12H26O3. The van der Waals surface area contributed by atoms with Crippen LogP contribution in [-0.2, 0) is 4.79 Å². The van der Waals surface area contributed by atoms with Crippen molar-refractivity contribution in [3.05, 3.63) is 0 Å². The molecule has 3 heteroatoms. The van der Waals surface area contributed by atoms with E-state index in [-0.39, 0.29) is 5.92 Å². The monoisotopic (exact) mass is 218 g/mol. The SMILES string of the molecule is CCC(C)C(=O)O.CCCCCCCO. The van der Waals surface area contributed by atoms with Gasteiger partial charge in [0.15, 0.2) is 0 Å². The molecule has 1 atom stereocenters. The second-order valence-corrected chi connectivity index (χ2v) is 3.79. The summed E-state index contributed by atoms with van der Waals surface area (Å²) in [4.78, 5) is 9.93. The van der Waals surface area contributed by atoms with Crippen LogP contribution in [-0.4, -0.2) is 22.8 Å². The van der Waals surface area contributed by atoms with Crippen LogP contribution in [0, 0.1) is 5.92 Å². The quantitative estimate of drug-likeness (QED) is 0.646. The Morgan fingerprint density at radius 1 is 1.13 bits per heavy atom. The molecule has 0 aromatic carbocycles. The molecule has 0 radical (unpaired) electrons. The van der Waals surface area contributed by atoms with E-state index in [9.17, 15) is 4.79 Å². The third-order valence-corrected chi connectivity index (χ3v) is 2.30. The van der Waals surface area contributed by atoms with Gasteiger partial charge in [-0.3, -0.25) is 4.79 Å². The lowest BCUT2D eigenvalue weighted by molar-refractivity contribution is -0.141. The van der Waals surface area contributed by atoms with Crippen molar-refractivity contribution in [3.8, 4) is 0 Å². The molecule has 0 bridgehead atoms. The molecule has 2 N–H and O–H groups in total. The van der Waals surface area contributed by atoms with Crippen LogP contribution in [0.1, 0.15) is 59.3 Å². The summed E-state index contributed by atoms with van der Waals surface area (Å²) in [6, 6.07) is 0. The van der Waals surface area contributed by atoms with Crippen LogP contribution in [0.3, 0.4) is 0 Å². The molecule has 0 aliphatic heterocycles. The number of carboxylic acids is 1. The molecule has 3 nitrogen and oxygen atoms in total. The highest BCUT2D eigenvalue weighted by Crippen LogP contribution is 2.00. The largest absolute Gasteiger partial charge is 0.481 e. The van der Waals surface area contributed by atoms with E-state index in [1.165, 1.54) is 25.7 Å². The van der Waals surface area contributed by atoms with E-state index >= 15 is 0 Å². The highest BCUT2D eigenvalue weighted by molar-refractivity contribution is 5.69. The van der Waals surface area contributed by atoms with Gasteiger partial charge in [0.25, 0.3) is 0 Å². The molecule has 0 fully saturated rings. The van der Waals surface area contributed by atoms with E-state index in [1.807, 2.05) is 6.92 Å². The fourth-order valence-electron chi connectivity index (χ4n) is 0.890. The lowest BCUT2D eigenvalue weighted by Crippen LogP contribution is -2.06. The molecule has 92 valence electrons. The first-order valence-corrected chi connectivity index (χ1v) is 5.93. The van der Waals surface area contributed by atoms with Gasteiger partial charge in [-0.2, -0.15) is 0 Å². The smallest absolute Gasteiger partial charge is 0.306 e. The number of hydrogen-bond acceptors (Lipinski definition) is 2. The number of aliphatic hydroxyl groups is 1. The maximum atomic E-state index is 9.93. The Hall–Kier alpha value is -0.570. The second kappa shape index (κ2) is 13.4. The molecule has 0 saturated carbocycles. The fourth-order valence-corrected chi connectivity index (χ4v) is 0.890. The molecule has 0 spiro atoms. The van der Waals surface area contributed by atoms with Gasteiger partial charge in [0, 0.05) is 6.61 Å². The van der Waals surface area contributed by atoms with Crippen LogP contribution in [0.25, 0.3) is 0 Å². The number of aliphatic carboxylic acids is 1. The van der Waals surface area contributed by atoms with Gasteiger partial charge in [0.1, 0.15) is 0 Å². The van der Waals surface area contributed by atoms with Crippen LogP contribution in [0.4, 0.5) is 0 Å². The van der Waals surface area contributed by atoms with Gasteiger partial charge in [-0.15, -0.1) is 0 Å². The average Bonchev–Trinajstić information content (AvgIpc) is 2.24. The van der Waals surface area contributed by atoms with Gasteiger partial charge < -0.3 is 10.2 Å². The van der Waals surface area contributed by atoms with Crippen LogP contribution in [0.2, 0.25) is 0 Å². The maximum absolute atomic E-state index is 9.93. The van der Waals surface area contributed by atoms with Crippen molar-refractivity contribution in [3.63, 3.8) is 0 Å². The van der Waals surface area contributed by atoms with E-state index in [4.69, 9.17) is 10.2 Å². The van der Waals surface area contributed by atoms with Crippen LogP contribution >= 0.6 is 0 Å². The van der Waals surface area contributed by atoms with Gasteiger partial charge >= 0.3 is 5.97 Å². The maximum Gasteiger partial charge on any atom is 0.306 e. The lowest BCUT2D eigenvalue weighted by atomic mass is 10.1. The predicted molar refractivity (Wildman–Crippen MR) is 62.9 cm³/mol. The summed E-state index contributed by atoms with van der Waals surface area (Å²) in [6.45, 7) is 6.11. The minimum absolute atomic E-state index is 0.181. The Labute approximate surface area is 93.5 Å². The van der Waals surface area contributed by atoms with Crippen molar-refractivity contribution in [2.75, 3.05) is 6.61 Å². The van der Waals surface area contributed by atoms with Gasteiger partial charge in [-0.05, 0) is 12.8 Å². The van der Waals surface area contributed by atoms with E-state index < -0.39 is 5.97 Å². The van der Waals surface area contributed by atoms with Crippen molar-refractivity contribution in [1.29, 1.82) is 0 Å². The van der Waals surface area contributed by atoms with Crippen LogP contribution in [0.15, 0.2) is 0 Å². The first-order chi connectivity index (χ1) is 7.09. The Bertz CT molecular complexity index is 129. The Balaban J connectivity index is 0. The van der Waals surface area contributed by atoms with E-state index in [0.717, 1.165) is 12.8 Å². The Kier molecular flexibility index (Phi) is 15.1. The van der Waals surface area contributed by atoms with Gasteiger partial charge in [-0.1, -0.05) is 46.5 Å². The summed E-state index contributed by atoms with van der Waals surface area (Å²) in [5.74, 6) is -0.887. The van der Waals surface area contributed by atoms with E-state index in [2.05, 4.69) is 6.92 Å². The van der Waals surface area contributed by atoms with Crippen molar-refractivity contribution in [1.82, 2.24) is 0 Å². The number of aliphatic hydroxyl groups excluding tert-OH is 1. The summed E-state index contributed by atoms with van der Waals surface area (Å²) in [7, 11) is 0. The van der Waals surface area contributed by atoms with Crippen molar-refractivity contribution in [2.24, 2.45) is 5.92 Å². The molecule has 0 heterocycles. The molecule has 0 rings (SSSR count). The zero-order valence-electron chi connectivity index (χ0n) is 10.3. The highest BCUT2D eigenvalue weighted by atomic mass is 16.4. The zero-order chi connectivity index (χ0) is 12.1. The Morgan fingerprint density at radius 2 is 1.67 bits per heavy atom. The standard InChI is InChI=1S/C7H16O.C5H10O2/c1-2-3-4-5-6-7-8;1-3-4(2)5(6)7/h8H,2-7H2,1H3;4H,3H2,1-2H3,(H,6,7). The molecule has 0 aliphatic carbocycles. The zero-order valence-corrected chi connectivity index (χ0v) is 10.3. The fraction of sp³-hybridized carbons (Fsp3) is 0.917. The van der Waals surface area contributed by atoms with Gasteiger partial charge in [-0.25, -0.2) is 0 Å². The third kappa shape index (κ3) is 16.1. The highest BCUT2D eigenvalue weighted by Gasteiger charge is 2.05. The normalized spacial score (nSPS) is 11.5.